The van der Waals surface area contributed by atoms with Gasteiger partial charge in [0, 0.05) is 6.04 Å². The minimum Gasteiger partial charge on any atom is -0.497 e. The minimum atomic E-state index is 0.842. The summed E-state index contributed by atoms with van der Waals surface area (Å²) >= 11 is 0. The molecule has 0 aliphatic heterocycles. The SMILES string of the molecule is COc1cccc(CC2CCCCC2CNC2CC2)c1. The maximum absolute atomic E-state index is 5.35. The Bertz CT molecular complexity index is 427. The van der Waals surface area contributed by atoms with Crippen molar-refractivity contribution in [2.24, 2.45) is 11.8 Å². The van der Waals surface area contributed by atoms with Gasteiger partial charge in [0.15, 0.2) is 0 Å². The lowest BCUT2D eigenvalue weighted by molar-refractivity contribution is 0.228. The summed E-state index contributed by atoms with van der Waals surface area (Å²) in [5.74, 6) is 2.71. The van der Waals surface area contributed by atoms with E-state index in [2.05, 4.69) is 23.5 Å². The first-order valence-electron chi connectivity index (χ1n) is 8.21. The van der Waals surface area contributed by atoms with Gasteiger partial charge < -0.3 is 10.1 Å². The Kier molecular flexibility index (Phi) is 4.62. The molecule has 0 spiro atoms. The molecular formula is C18H27NO. The predicted molar refractivity (Wildman–Crippen MR) is 83.2 cm³/mol. The molecule has 2 unspecified atom stereocenters. The molecule has 110 valence electrons. The van der Waals surface area contributed by atoms with Gasteiger partial charge in [0.1, 0.15) is 5.75 Å². The average molecular weight is 273 g/mol. The van der Waals surface area contributed by atoms with Gasteiger partial charge in [-0.3, -0.25) is 0 Å². The van der Waals surface area contributed by atoms with Crippen LogP contribution in [0.5, 0.6) is 5.75 Å². The monoisotopic (exact) mass is 273 g/mol. The van der Waals surface area contributed by atoms with Gasteiger partial charge in [-0.15, -0.1) is 0 Å². The third-order valence-electron chi connectivity index (χ3n) is 4.94. The topological polar surface area (TPSA) is 21.3 Å². The highest BCUT2D eigenvalue weighted by Crippen LogP contribution is 2.33. The molecule has 2 aliphatic rings. The first kappa shape index (κ1) is 13.9. The van der Waals surface area contributed by atoms with E-state index in [9.17, 15) is 0 Å². The largest absolute Gasteiger partial charge is 0.497 e. The van der Waals surface area contributed by atoms with Crippen LogP contribution in [0.2, 0.25) is 0 Å². The van der Waals surface area contributed by atoms with Gasteiger partial charge in [0.25, 0.3) is 0 Å². The second kappa shape index (κ2) is 6.62. The third-order valence-corrected chi connectivity index (χ3v) is 4.94. The van der Waals surface area contributed by atoms with Crippen LogP contribution in [0.4, 0.5) is 0 Å². The van der Waals surface area contributed by atoms with Crippen LogP contribution >= 0.6 is 0 Å². The van der Waals surface area contributed by atoms with E-state index < -0.39 is 0 Å². The Labute approximate surface area is 122 Å². The molecule has 0 aromatic heterocycles. The van der Waals surface area contributed by atoms with E-state index in [1.807, 2.05) is 6.07 Å². The molecule has 2 fully saturated rings. The molecule has 20 heavy (non-hydrogen) atoms. The highest BCUT2D eigenvalue weighted by atomic mass is 16.5. The van der Waals surface area contributed by atoms with E-state index in [0.29, 0.717) is 0 Å². The minimum absolute atomic E-state index is 0.842. The van der Waals surface area contributed by atoms with Gasteiger partial charge in [-0.1, -0.05) is 25.0 Å². The van der Waals surface area contributed by atoms with E-state index >= 15 is 0 Å². The number of nitrogens with one attached hydrogen (secondary N) is 1. The van der Waals surface area contributed by atoms with Crippen molar-refractivity contribution in [2.45, 2.75) is 51.0 Å². The molecule has 2 heteroatoms. The number of hydrogen-bond donors (Lipinski definition) is 1. The van der Waals surface area contributed by atoms with E-state index in [1.54, 1.807) is 7.11 Å². The standard InChI is InChI=1S/C18H27NO/c1-20-18-8-4-5-14(12-18)11-15-6-2-3-7-16(15)13-19-17-9-10-17/h4-5,8,12,15-17,19H,2-3,6-7,9-11,13H2,1H3. The van der Waals surface area contributed by atoms with Gasteiger partial charge >= 0.3 is 0 Å². The lowest BCUT2D eigenvalue weighted by Crippen LogP contribution is -2.32. The number of methoxy groups -OCH3 is 1. The maximum Gasteiger partial charge on any atom is 0.119 e. The summed E-state index contributed by atoms with van der Waals surface area (Å²) < 4.78 is 5.35. The molecule has 0 radical (unpaired) electrons. The molecule has 1 N–H and O–H groups in total. The van der Waals surface area contributed by atoms with Gasteiger partial charge in [0.05, 0.1) is 7.11 Å². The number of rotatable bonds is 6. The lowest BCUT2D eigenvalue weighted by atomic mass is 9.76. The molecule has 0 bridgehead atoms. The summed E-state index contributed by atoms with van der Waals surface area (Å²) in [6.07, 6.45) is 9.65. The first-order valence-corrected chi connectivity index (χ1v) is 8.21. The Hall–Kier alpha value is -1.02. The fourth-order valence-electron chi connectivity index (χ4n) is 3.53. The van der Waals surface area contributed by atoms with E-state index in [1.165, 1.54) is 57.1 Å². The Balaban J connectivity index is 1.59. The van der Waals surface area contributed by atoms with E-state index in [0.717, 1.165) is 23.6 Å². The van der Waals surface area contributed by atoms with Crippen molar-refractivity contribution in [3.8, 4) is 5.75 Å². The quantitative estimate of drug-likeness (QED) is 0.851. The molecule has 0 saturated heterocycles. The molecule has 0 amide bonds. The van der Waals surface area contributed by atoms with E-state index in [4.69, 9.17) is 4.74 Å². The molecule has 2 saturated carbocycles. The summed E-state index contributed by atoms with van der Waals surface area (Å²) in [5, 5.41) is 3.74. The summed E-state index contributed by atoms with van der Waals surface area (Å²) in [6, 6.07) is 9.46. The van der Waals surface area contributed by atoms with Gasteiger partial charge in [-0.2, -0.15) is 0 Å². The van der Waals surface area contributed by atoms with Crippen LogP contribution in [0.3, 0.4) is 0 Å². The van der Waals surface area contributed by atoms with Crippen molar-refractivity contribution in [3.05, 3.63) is 29.8 Å². The van der Waals surface area contributed by atoms with Crippen molar-refractivity contribution in [3.63, 3.8) is 0 Å². The fourth-order valence-corrected chi connectivity index (χ4v) is 3.53. The molecule has 0 heterocycles. The predicted octanol–water partition coefficient (Wildman–Crippen LogP) is 3.80. The zero-order valence-electron chi connectivity index (χ0n) is 12.6. The summed E-state index contributed by atoms with van der Waals surface area (Å²) in [6.45, 7) is 1.24. The second-order valence-electron chi connectivity index (χ2n) is 6.54. The summed E-state index contributed by atoms with van der Waals surface area (Å²) in [7, 11) is 1.75. The van der Waals surface area contributed by atoms with Gasteiger partial charge in [0.2, 0.25) is 0 Å². The molecule has 1 aromatic rings. The van der Waals surface area contributed by atoms with Crippen LogP contribution in [0, 0.1) is 11.8 Å². The zero-order chi connectivity index (χ0) is 13.8. The highest BCUT2D eigenvalue weighted by Gasteiger charge is 2.28. The van der Waals surface area contributed by atoms with Crippen LogP contribution < -0.4 is 10.1 Å². The Morgan fingerprint density at radius 3 is 2.65 bits per heavy atom. The van der Waals surface area contributed by atoms with Crippen LogP contribution in [0.15, 0.2) is 24.3 Å². The molecule has 3 rings (SSSR count). The molecule has 1 aromatic carbocycles. The average Bonchev–Trinajstić information content (AvgIpc) is 3.31. The van der Waals surface area contributed by atoms with Crippen LogP contribution in [0.1, 0.15) is 44.1 Å². The molecule has 2 nitrogen and oxygen atoms in total. The Morgan fingerprint density at radius 2 is 1.90 bits per heavy atom. The number of hydrogen-bond acceptors (Lipinski definition) is 2. The van der Waals surface area contributed by atoms with Gasteiger partial charge in [-0.25, -0.2) is 0 Å². The third kappa shape index (κ3) is 3.76. The number of benzene rings is 1. The smallest absolute Gasteiger partial charge is 0.119 e. The zero-order valence-corrected chi connectivity index (χ0v) is 12.6. The normalized spacial score (nSPS) is 26.4. The van der Waals surface area contributed by atoms with Crippen LogP contribution in [0.25, 0.3) is 0 Å². The first-order chi connectivity index (χ1) is 9.85. The highest BCUT2D eigenvalue weighted by molar-refractivity contribution is 5.28. The number of ether oxygens (including phenoxy) is 1. The fraction of sp³-hybridized carbons (Fsp3) is 0.667. The van der Waals surface area contributed by atoms with Crippen LogP contribution in [-0.4, -0.2) is 19.7 Å². The van der Waals surface area contributed by atoms with E-state index in [-0.39, 0.29) is 0 Å². The van der Waals surface area contributed by atoms with Crippen molar-refractivity contribution in [1.82, 2.24) is 5.32 Å². The summed E-state index contributed by atoms with van der Waals surface area (Å²) in [5.41, 5.74) is 1.44. The Morgan fingerprint density at radius 1 is 1.10 bits per heavy atom. The summed E-state index contributed by atoms with van der Waals surface area (Å²) in [4.78, 5) is 0. The molecule has 2 aliphatic carbocycles. The van der Waals surface area contributed by atoms with Crippen molar-refractivity contribution in [1.29, 1.82) is 0 Å². The van der Waals surface area contributed by atoms with Crippen molar-refractivity contribution in [2.75, 3.05) is 13.7 Å². The lowest BCUT2D eigenvalue weighted by Gasteiger charge is -2.32. The van der Waals surface area contributed by atoms with Crippen molar-refractivity contribution < 1.29 is 4.74 Å². The van der Waals surface area contributed by atoms with Crippen molar-refractivity contribution >= 4 is 0 Å². The second-order valence-corrected chi connectivity index (χ2v) is 6.54. The van der Waals surface area contributed by atoms with Crippen LogP contribution in [-0.2, 0) is 6.42 Å². The maximum atomic E-state index is 5.35. The van der Waals surface area contributed by atoms with Gasteiger partial charge in [-0.05, 0) is 68.2 Å². The molecular weight excluding hydrogens is 246 g/mol. The molecule has 2 atom stereocenters.